The Morgan fingerprint density at radius 3 is 1.89 bits per heavy atom. The number of aliphatic hydroxyl groups excluding tert-OH is 1. The number of rotatable bonds is 18. The summed E-state index contributed by atoms with van der Waals surface area (Å²) in [5.74, 6) is 0. The summed E-state index contributed by atoms with van der Waals surface area (Å²) in [6, 6.07) is 0. The first-order chi connectivity index (χ1) is 13.2. The summed E-state index contributed by atoms with van der Waals surface area (Å²) in [5, 5.41) is 10.2. The molecule has 27 heavy (non-hydrogen) atoms. The molecule has 0 saturated carbocycles. The highest BCUT2D eigenvalue weighted by Gasteiger charge is 2.41. The highest BCUT2D eigenvalue weighted by Crippen LogP contribution is 2.26. The van der Waals surface area contributed by atoms with E-state index >= 15 is 0 Å². The van der Waals surface area contributed by atoms with Gasteiger partial charge in [-0.05, 0) is 26.2 Å². The van der Waals surface area contributed by atoms with Crippen LogP contribution in [-0.4, -0.2) is 41.3 Å². The number of aliphatic imine (C=N–C) groups is 1. The highest BCUT2D eigenvalue weighted by atomic mass is 16.3. The fraction of sp³-hybridized carbons (Fsp3) is 0.875. The maximum Gasteiger partial charge on any atom is 0.189 e. The highest BCUT2D eigenvalue weighted by molar-refractivity contribution is 5.60. The molecule has 0 radical (unpaired) electrons. The lowest BCUT2D eigenvalue weighted by atomic mass is 10.0. The zero-order chi connectivity index (χ0) is 19.8. The van der Waals surface area contributed by atoms with Crippen molar-refractivity contribution < 1.29 is 9.59 Å². The molecule has 158 valence electrons. The van der Waals surface area contributed by atoms with Gasteiger partial charge in [0.2, 0.25) is 0 Å². The predicted molar refractivity (Wildman–Crippen MR) is 119 cm³/mol. The van der Waals surface area contributed by atoms with Gasteiger partial charge in [0.1, 0.15) is 6.54 Å². The molecular formula is C24H47N2O+. The van der Waals surface area contributed by atoms with Crippen molar-refractivity contribution in [3.8, 4) is 0 Å². The lowest BCUT2D eigenvalue weighted by Gasteiger charge is -2.40. The minimum Gasteiger partial charge on any atom is -0.345 e. The summed E-state index contributed by atoms with van der Waals surface area (Å²) < 4.78 is 0.744. The third kappa shape index (κ3) is 9.38. The van der Waals surface area contributed by atoms with Gasteiger partial charge >= 0.3 is 0 Å². The van der Waals surface area contributed by atoms with Crippen molar-refractivity contribution in [1.82, 2.24) is 0 Å². The number of allylic oxidation sites excluding steroid dienone is 1. The molecule has 1 aliphatic rings. The van der Waals surface area contributed by atoms with E-state index in [-0.39, 0.29) is 12.4 Å². The van der Waals surface area contributed by atoms with E-state index in [1.165, 1.54) is 89.9 Å². The molecule has 0 saturated heterocycles. The number of unbranched alkanes of at least 4 members (excludes halogenated alkanes) is 13. The number of aliphatic hydroxyl groups is 1. The second-order valence-corrected chi connectivity index (χ2v) is 8.51. The van der Waals surface area contributed by atoms with Crippen molar-refractivity contribution >= 4 is 6.21 Å². The molecule has 0 fully saturated rings. The van der Waals surface area contributed by atoms with Crippen molar-refractivity contribution in [2.75, 3.05) is 13.1 Å². The molecule has 3 unspecified atom stereocenters. The summed E-state index contributed by atoms with van der Waals surface area (Å²) in [5.41, 5.74) is 0. The lowest BCUT2D eigenvalue weighted by molar-refractivity contribution is -0.976. The molecule has 0 spiro atoms. The molecule has 1 N–H and O–H groups in total. The van der Waals surface area contributed by atoms with Crippen LogP contribution in [0.25, 0.3) is 0 Å². The quantitative estimate of drug-likeness (QED) is 0.162. The smallest absolute Gasteiger partial charge is 0.189 e. The Labute approximate surface area is 169 Å². The van der Waals surface area contributed by atoms with E-state index in [0.717, 1.165) is 24.0 Å². The van der Waals surface area contributed by atoms with Gasteiger partial charge in [0.15, 0.2) is 12.4 Å². The van der Waals surface area contributed by atoms with E-state index in [1.807, 2.05) is 19.2 Å². The predicted octanol–water partition coefficient (Wildman–Crippen LogP) is 6.61. The van der Waals surface area contributed by atoms with E-state index in [4.69, 9.17) is 0 Å². The second kappa shape index (κ2) is 15.3. The van der Waals surface area contributed by atoms with Crippen molar-refractivity contribution in [1.29, 1.82) is 0 Å². The first kappa shape index (κ1) is 24.4. The Hall–Kier alpha value is -0.670. The van der Waals surface area contributed by atoms with E-state index < -0.39 is 0 Å². The maximum absolute atomic E-state index is 10.2. The first-order valence-corrected chi connectivity index (χ1v) is 11.8. The van der Waals surface area contributed by atoms with Gasteiger partial charge in [-0.2, -0.15) is 0 Å². The molecule has 3 atom stereocenters. The van der Waals surface area contributed by atoms with Crippen LogP contribution in [0.3, 0.4) is 0 Å². The summed E-state index contributed by atoms with van der Waals surface area (Å²) in [7, 11) is 0. The Kier molecular flexibility index (Phi) is 13.8. The van der Waals surface area contributed by atoms with Crippen LogP contribution < -0.4 is 0 Å². The van der Waals surface area contributed by atoms with Crippen molar-refractivity contribution in [3.63, 3.8) is 0 Å². The fourth-order valence-electron chi connectivity index (χ4n) is 4.47. The number of nitrogens with zero attached hydrogens (tertiary/aromatic N) is 2. The Morgan fingerprint density at radius 2 is 1.44 bits per heavy atom. The van der Waals surface area contributed by atoms with Crippen LogP contribution in [0.4, 0.5) is 0 Å². The Morgan fingerprint density at radius 1 is 0.963 bits per heavy atom. The van der Waals surface area contributed by atoms with Crippen LogP contribution >= 0.6 is 0 Å². The van der Waals surface area contributed by atoms with Crippen molar-refractivity contribution in [2.45, 2.75) is 123 Å². The van der Waals surface area contributed by atoms with Crippen LogP contribution in [0.1, 0.15) is 110 Å². The fourth-order valence-corrected chi connectivity index (χ4v) is 4.47. The monoisotopic (exact) mass is 379 g/mol. The topological polar surface area (TPSA) is 32.6 Å². The molecule has 1 rings (SSSR count). The Balaban J connectivity index is 1.89. The number of hydrogen-bond acceptors (Lipinski definition) is 2. The zero-order valence-electron chi connectivity index (χ0n) is 18.4. The molecule has 1 heterocycles. The largest absolute Gasteiger partial charge is 0.345 e. The molecule has 0 bridgehead atoms. The van der Waals surface area contributed by atoms with E-state index in [9.17, 15) is 5.11 Å². The van der Waals surface area contributed by atoms with Crippen LogP contribution in [0, 0.1) is 0 Å². The Bertz CT molecular complexity index is 394. The van der Waals surface area contributed by atoms with E-state index in [0.29, 0.717) is 0 Å². The average Bonchev–Trinajstić information content (AvgIpc) is 3.09. The summed E-state index contributed by atoms with van der Waals surface area (Å²) in [6.45, 7) is 9.75. The van der Waals surface area contributed by atoms with Gasteiger partial charge in [0, 0.05) is 13.3 Å². The summed E-state index contributed by atoms with van der Waals surface area (Å²) in [6.07, 6.45) is 24.3. The molecule has 0 aromatic rings. The zero-order valence-corrected chi connectivity index (χ0v) is 18.4. The third-order valence-electron chi connectivity index (χ3n) is 6.50. The van der Waals surface area contributed by atoms with Crippen molar-refractivity contribution in [3.05, 3.63) is 12.7 Å². The average molecular weight is 380 g/mol. The van der Waals surface area contributed by atoms with Gasteiger partial charge < -0.3 is 5.11 Å². The summed E-state index contributed by atoms with van der Waals surface area (Å²) in [4.78, 5) is 4.67. The standard InChI is InChI=1S/C24H47N2O/c1-4-6-7-8-9-10-11-12-13-14-15-16-17-18-19-20-24-25-21-22-26(24,5-2)23(3)27/h4,21,23-24,27H,1,5-20,22H2,2-3H3/q+1. The molecule has 3 heteroatoms. The van der Waals surface area contributed by atoms with Crippen LogP contribution in [0.5, 0.6) is 0 Å². The minimum atomic E-state index is -0.311. The third-order valence-corrected chi connectivity index (χ3v) is 6.50. The molecule has 0 aromatic carbocycles. The molecule has 0 aromatic heterocycles. The van der Waals surface area contributed by atoms with Gasteiger partial charge in [-0.3, -0.25) is 4.48 Å². The first-order valence-electron chi connectivity index (χ1n) is 11.8. The lowest BCUT2D eigenvalue weighted by Crippen LogP contribution is -2.57. The van der Waals surface area contributed by atoms with Crippen LogP contribution in [0.15, 0.2) is 17.6 Å². The van der Waals surface area contributed by atoms with Gasteiger partial charge in [0.05, 0.1) is 12.8 Å². The van der Waals surface area contributed by atoms with Crippen LogP contribution in [0.2, 0.25) is 0 Å². The normalized spacial score (nSPS) is 23.0. The number of hydrogen-bond donors (Lipinski definition) is 1. The molecule has 3 nitrogen and oxygen atoms in total. The maximum atomic E-state index is 10.2. The van der Waals surface area contributed by atoms with Gasteiger partial charge in [-0.25, -0.2) is 4.99 Å². The minimum absolute atomic E-state index is 0.284. The number of quaternary nitrogens is 1. The van der Waals surface area contributed by atoms with Crippen LogP contribution in [-0.2, 0) is 0 Å². The van der Waals surface area contributed by atoms with E-state index in [1.54, 1.807) is 0 Å². The van der Waals surface area contributed by atoms with Gasteiger partial charge in [-0.15, -0.1) is 6.58 Å². The molecule has 1 aliphatic heterocycles. The summed E-state index contributed by atoms with van der Waals surface area (Å²) >= 11 is 0. The van der Waals surface area contributed by atoms with E-state index in [2.05, 4.69) is 18.5 Å². The molecular weight excluding hydrogens is 332 g/mol. The van der Waals surface area contributed by atoms with Gasteiger partial charge in [-0.1, -0.05) is 76.7 Å². The molecule has 0 amide bonds. The SMILES string of the molecule is C=CCCCCCCCCCCCCCCCC1N=CC[N+]1(CC)C(C)O. The second-order valence-electron chi connectivity index (χ2n) is 8.51. The molecule has 0 aliphatic carbocycles. The van der Waals surface area contributed by atoms with Crippen molar-refractivity contribution in [2.24, 2.45) is 4.99 Å². The van der Waals surface area contributed by atoms with Gasteiger partial charge in [0.25, 0.3) is 0 Å².